The molecule has 3 aromatic carbocycles. The predicted octanol–water partition coefficient (Wildman–Crippen LogP) is 7.32. The van der Waals surface area contributed by atoms with Crippen LogP contribution in [0.4, 0.5) is 16.2 Å². The molecular formula is C44H61N5O8. The van der Waals surface area contributed by atoms with Gasteiger partial charge in [0.25, 0.3) is 11.8 Å². The Morgan fingerprint density at radius 1 is 0.825 bits per heavy atom. The fourth-order valence-corrected chi connectivity index (χ4v) is 6.11. The Bertz CT molecular complexity index is 1820. The topological polar surface area (TPSA) is 139 Å². The number of unbranched alkanes of at least 4 members (excludes halogenated alkanes) is 2. The van der Waals surface area contributed by atoms with Gasteiger partial charge in [-0.25, -0.2) is 4.79 Å². The van der Waals surface area contributed by atoms with Crippen LogP contribution in [0.5, 0.6) is 17.2 Å². The van der Waals surface area contributed by atoms with Crippen molar-refractivity contribution in [2.75, 3.05) is 70.2 Å². The lowest BCUT2D eigenvalue weighted by molar-refractivity contribution is -0.132. The molecule has 0 spiro atoms. The van der Waals surface area contributed by atoms with Crippen LogP contribution in [0.2, 0.25) is 0 Å². The van der Waals surface area contributed by atoms with Gasteiger partial charge < -0.3 is 44.3 Å². The highest BCUT2D eigenvalue weighted by Crippen LogP contribution is 2.33. The van der Waals surface area contributed by atoms with E-state index < -0.39 is 17.6 Å². The van der Waals surface area contributed by atoms with E-state index in [-0.39, 0.29) is 24.5 Å². The molecule has 4 rings (SSSR count). The number of likely N-dealkylation sites (N-methyl/N-ethyl adjacent to an activating group) is 1. The van der Waals surface area contributed by atoms with Crippen molar-refractivity contribution in [3.05, 3.63) is 77.4 Å². The highest BCUT2D eigenvalue weighted by atomic mass is 16.6. The number of amides is 4. The summed E-state index contributed by atoms with van der Waals surface area (Å²) in [6.07, 6.45) is 2.76. The number of ether oxygens (including phenoxy) is 4. The van der Waals surface area contributed by atoms with Crippen molar-refractivity contribution >= 4 is 35.2 Å². The van der Waals surface area contributed by atoms with Crippen molar-refractivity contribution in [2.24, 2.45) is 0 Å². The van der Waals surface area contributed by atoms with Gasteiger partial charge in [-0.1, -0.05) is 18.2 Å². The number of carbonyl (C=O) groups excluding carboxylic acids is 4. The summed E-state index contributed by atoms with van der Waals surface area (Å²) in [4.78, 5) is 57.8. The Morgan fingerprint density at radius 2 is 1.53 bits per heavy atom. The first-order chi connectivity index (χ1) is 27.1. The standard InChI is InChI=1S/C44H61N5O8/c1-31(2)56-38-30-33(19-20-35(38)46-41(51)34-15-11-12-16-37(34)54-28-14-22-45-43(53)57-44(4,5)6)42(52)48(8)36-21-18-32(3)29-39(36)55-27-13-9-10-17-40(50)49-25-23-47(7)24-26-49/h11-12,15-16,18-21,29-31H,9-10,13-14,17,22-28H2,1-8H3,(H,45,53)(H,46,51). The molecule has 0 unspecified atom stereocenters. The lowest BCUT2D eigenvalue weighted by Crippen LogP contribution is -2.47. The number of hydrogen-bond acceptors (Lipinski definition) is 9. The van der Waals surface area contributed by atoms with Crippen LogP contribution >= 0.6 is 0 Å². The quantitative estimate of drug-likeness (QED) is 0.127. The molecule has 57 heavy (non-hydrogen) atoms. The first kappa shape index (κ1) is 44.4. The van der Waals surface area contributed by atoms with Crippen LogP contribution in [-0.4, -0.2) is 105 Å². The summed E-state index contributed by atoms with van der Waals surface area (Å²) in [5, 5.41) is 5.63. The SMILES string of the molecule is Cc1ccc(N(C)C(=O)c2ccc(NC(=O)c3ccccc3OCCCNC(=O)OC(C)(C)C)c(OC(C)C)c2)c(OCCCCCC(=O)N2CCN(C)CC2)c1. The van der Waals surface area contributed by atoms with Gasteiger partial charge in [-0.05, 0) is 122 Å². The average Bonchev–Trinajstić information content (AvgIpc) is 3.15. The molecule has 0 atom stereocenters. The third-order valence-electron chi connectivity index (χ3n) is 9.15. The van der Waals surface area contributed by atoms with E-state index in [2.05, 4.69) is 22.6 Å². The van der Waals surface area contributed by atoms with Crippen LogP contribution in [-0.2, 0) is 9.53 Å². The largest absolute Gasteiger partial charge is 0.493 e. The van der Waals surface area contributed by atoms with E-state index in [4.69, 9.17) is 18.9 Å². The summed E-state index contributed by atoms with van der Waals surface area (Å²) >= 11 is 0. The number of carbonyl (C=O) groups is 4. The second-order valence-electron chi connectivity index (χ2n) is 15.6. The minimum atomic E-state index is -0.587. The first-order valence-electron chi connectivity index (χ1n) is 19.9. The molecule has 1 aliphatic rings. The molecule has 0 saturated carbocycles. The number of nitrogens with one attached hydrogen (secondary N) is 2. The molecule has 2 N–H and O–H groups in total. The van der Waals surface area contributed by atoms with Crippen molar-refractivity contribution < 1.29 is 38.1 Å². The summed E-state index contributed by atoms with van der Waals surface area (Å²) < 4.78 is 23.5. The lowest BCUT2D eigenvalue weighted by atomic mass is 10.1. The van der Waals surface area contributed by atoms with E-state index in [0.717, 1.165) is 51.0 Å². The van der Waals surface area contributed by atoms with Crippen molar-refractivity contribution in [3.63, 3.8) is 0 Å². The number of anilines is 2. The molecule has 1 heterocycles. The fraction of sp³-hybridized carbons (Fsp3) is 0.500. The zero-order chi connectivity index (χ0) is 41.5. The maximum atomic E-state index is 13.9. The molecule has 13 nitrogen and oxygen atoms in total. The summed E-state index contributed by atoms with van der Waals surface area (Å²) in [7, 11) is 3.78. The molecule has 0 aliphatic carbocycles. The lowest BCUT2D eigenvalue weighted by Gasteiger charge is -2.32. The molecule has 1 saturated heterocycles. The van der Waals surface area contributed by atoms with Crippen LogP contribution in [0.25, 0.3) is 0 Å². The number of alkyl carbamates (subject to hydrolysis) is 1. The van der Waals surface area contributed by atoms with Gasteiger partial charge in [-0.3, -0.25) is 14.4 Å². The number of hydrogen-bond donors (Lipinski definition) is 2. The highest BCUT2D eigenvalue weighted by Gasteiger charge is 2.22. The number of para-hydroxylation sites is 1. The van der Waals surface area contributed by atoms with E-state index in [1.165, 1.54) is 0 Å². The van der Waals surface area contributed by atoms with Crippen molar-refractivity contribution in [1.29, 1.82) is 0 Å². The van der Waals surface area contributed by atoms with E-state index in [9.17, 15) is 19.2 Å². The van der Waals surface area contributed by atoms with Gasteiger partial charge >= 0.3 is 6.09 Å². The van der Waals surface area contributed by atoms with Crippen LogP contribution in [0, 0.1) is 6.92 Å². The van der Waals surface area contributed by atoms with Crippen LogP contribution in [0.15, 0.2) is 60.7 Å². The third-order valence-corrected chi connectivity index (χ3v) is 9.15. The van der Waals surface area contributed by atoms with Crippen LogP contribution in [0.3, 0.4) is 0 Å². The van der Waals surface area contributed by atoms with Gasteiger partial charge in [0.15, 0.2) is 0 Å². The van der Waals surface area contributed by atoms with Gasteiger partial charge in [-0.2, -0.15) is 0 Å². The molecule has 0 bridgehead atoms. The summed E-state index contributed by atoms with van der Waals surface area (Å²) in [6, 6.07) is 17.6. The summed E-state index contributed by atoms with van der Waals surface area (Å²) in [5.74, 6) is 0.859. The van der Waals surface area contributed by atoms with Crippen molar-refractivity contribution in [3.8, 4) is 17.2 Å². The van der Waals surface area contributed by atoms with Gasteiger partial charge in [0.05, 0.1) is 36.3 Å². The molecule has 4 amide bonds. The van der Waals surface area contributed by atoms with E-state index in [0.29, 0.717) is 65.7 Å². The van der Waals surface area contributed by atoms with Crippen LogP contribution < -0.4 is 29.7 Å². The van der Waals surface area contributed by atoms with Gasteiger partial charge in [0.2, 0.25) is 5.91 Å². The van der Waals surface area contributed by atoms with E-state index in [1.54, 1.807) is 75.2 Å². The maximum Gasteiger partial charge on any atom is 0.407 e. The smallest absolute Gasteiger partial charge is 0.407 e. The molecule has 0 aromatic heterocycles. The monoisotopic (exact) mass is 787 g/mol. The second-order valence-corrected chi connectivity index (χ2v) is 15.6. The molecule has 0 radical (unpaired) electrons. The predicted molar refractivity (Wildman–Crippen MR) is 223 cm³/mol. The molecule has 1 aliphatic heterocycles. The summed E-state index contributed by atoms with van der Waals surface area (Å²) in [5.41, 5.74) is 2.12. The number of rotatable bonds is 18. The number of piperazine rings is 1. The Morgan fingerprint density at radius 3 is 2.25 bits per heavy atom. The minimum Gasteiger partial charge on any atom is -0.493 e. The Balaban J connectivity index is 1.36. The summed E-state index contributed by atoms with van der Waals surface area (Å²) in [6.45, 7) is 15.6. The van der Waals surface area contributed by atoms with Crippen molar-refractivity contribution in [2.45, 2.75) is 85.4 Å². The Hall–Kier alpha value is -5.30. The molecular weight excluding hydrogens is 727 g/mol. The number of nitrogens with zero attached hydrogens (tertiary/aromatic N) is 3. The molecule has 1 fully saturated rings. The van der Waals surface area contributed by atoms with Gasteiger partial charge in [0.1, 0.15) is 22.8 Å². The Kier molecular flexibility index (Phi) is 16.6. The molecule has 13 heteroatoms. The average molecular weight is 788 g/mol. The number of benzene rings is 3. The fourth-order valence-electron chi connectivity index (χ4n) is 6.11. The van der Waals surface area contributed by atoms with E-state index >= 15 is 0 Å². The Labute approximate surface area is 338 Å². The van der Waals surface area contributed by atoms with Crippen LogP contribution in [0.1, 0.15) is 93.0 Å². The zero-order valence-electron chi connectivity index (χ0n) is 34.9. The third kappa shape index (κ3) is 14.3. The van der Waals surface area contributed by atoms with E-state index in [1.807, 2.05) is 43.9 Å². The molecule has 310 valence electrons. The highest BCUT2D eigenvalue weighted by molar-refractivity contribution is 6.09. The first-order valence-corrected chi connectivity index (χ1v) is 19.9. The van der Waals surface area contributed by atoms with Crippen molar-refractivity contribution in [1.82, 2.24) is 15.1 Å². The zero-order valence-corrected chi connectivity index (χ0v) is 34.9. The maximum absolute atomic E-state index is 13.9. The minimum absolute atomic E-state index is 0.220. The van der Waals surface area contributed by atoms with Gasteiger partial charge in [-0.15, -0.1) is 0 Å². The van der Waals surface area contributed by atoms with Gasteiger partial charge in [0, 0.05) is 51.8 Å². The molecule has 3 aromatic rings. The number of aryl methyl sites for hydroxylation is 1. The second kappa shape index (κ2) is 21.3. The normalized spacial score (nSPS) is 13.2.